The van der Waals surface area contributed by atoms with Crippen LogP contribution in [0.1, 0.15) is 21.5 Å². The van der Waals surface area contributed by atoms with Gasteiger partial charge in [-0.2, -0.15) is 0 Å². The molecule has 3 amide bonds. The van der Waals surface area contributed by atoms with Crippen LogP contribution in [0, 0.1) is 0 Å². The fourth-order valence-electron chi connectivity index (χ4n) is 2.46. The molecule has 0 aromatic carbocycles. The number of hydrogen-bond acceptors (Lipinski definition) is 5. The average Bonchev–Trinajstić information content (AvgIpc) is 2.85. The molecule has 21 heavy (non-hydrogen) atoms. The fraction of sp³-hybridized carbons (Fsp3) is 0.538. The van der Waals surface area contributed by atoms with Gasteiger partial charge in [0.25, 0.3) is 5.91 Å². The summed E-state index contributed by atoms with van der Waals surface area (Å²) >= 11 is 0. The van der Waals surface area contributed by atoms with Crippen LogP contribution in [0.15, 0.2) is 12.1 Å². The average molecular weight is 294 g/mol. The first kappa shape index (κ1) is 10.5. The zero-order chi connectivity index (χ0) is 17.5. The molecule has 0 unspecified atom stereocenters. The summed E-state index contributed by atoms with van der Waals surface area (Å²) in [6.45, 7) is 1.40. The number of nitrogens with one attached hydrogen (secondary N) is 1. The van der Waals surface area contributed by atoms with E-state index in [4.69, 9.17) is 8.85 Å². The number of aromatic nitrogens is 2. The molecule has 0 bridgehead atoms. The van der Waals surface area contributed by atoms with Crippen LogP contribution in [0.2, 0.25) is 0 Å². The van der Waals surface area contributed by atoms with Crippen molar-refractivity contribution >= 4 is 17.8 Å². The Bertz CT molecular complexity index is 660. The number of carbonyl (C=O) groups is 2. The maximum atomic E-state index is 12.5. The number of urea groups is 1. The van der Waals surface area contributed by atoms with Crippen molar-refractivity contribution in [3.05, 3.63) is 17.8 Å². The van der Waals surface area contributed by atoms with E-state index in [0.717, 1.165) is 0 Å². The van der Waals surface area contributed by atoms with Crippen LogP contribution in [0.5, 0.6) is 0 Å². The van der Waals surface area contributed by atoms with Crippen LogP contribution < -0.4 is 10.2 Å². The predicted octanol–water partition coefficient (Wildman–Crippen LogP) is -0.133. The molecule has 0 atom stereocenters. The van der Waals surface area contributed by atoms with Gasteiger partial charge >= 0.3 is 6.03 Å². The number of amides is 3. The number of anilines is 1. The van der Waals surface area contributed by atoms with Crippen LogP contribution in [0.4, 0.5) is 10.6 Å². The highest BCUT2D eigenvalue weighted by Crippen LogP contribution is 2.29. The fourth-order valence-corrected chi connectivity index (χ4v) is 2.46. The molecule has 0 saturated carbocycles. The highest BCUT2D eigenvalue weighted by Gasteiger charge is 2.46. The molecule has 0 spiro atoms. The molecule has 3 rings (SSSR count). The van der Waals surface area contributed by atoms with Crippen LogP contribution in [0.3, 0.4) is 0 Å². The van der Waals surface area contributed by atoms with Crippen molar-refractivity contribution in [1.82, 2.24) is 20.4 Å². The van der Waals surface area contributed by atoms with E-state index in [9.17, 15) is 9.59 Å². The molecular weight excluding hydrogens is 274 g/mol. The SMILES string of the molecule is [2H]C([2H])([2H])NC(=O)c1ccc(N2CCN(C3(C)COC3)C2=O)nn1. The van der Waals surface area contributed by atoms with E-state index in [0.29, 0.717) is 32.1 Å². The summed E-state index contributed by atoms with van der Waals surface area (Å²) in [7, 11) is 0. The van der Waals surface area contributed by atoms with Crippen LogP contribution in [-0.4, -0.2) is 65.9 Å². The van der Waals surface area contributed by atoms with Gasteiger partial charge in [-0.25, -0.2) is 4.79 Å². The van der Waals surface area contributed by atoms with Gasteiger partial charge in [-0.1, -0.05) is 0 Å². The zero-order valence-corrected chi connectivity index (χ0v) is 11.5. The van der Waals surface area contributed by atoms with Gasteiger partial charge < -0.3 is 15.0 Å². The Kier molecular flexibility index (Phi) is 2.48. The summed E-state index contributed by atoms with van der Waals surface area (Å²) in [5.74, 6) is -0.528. The number of nitrogens with zero attached hydrogens (tertiary/aromatic N) is 4. The van der Waals surface area contributed by atoms with Gasteiger partial charge in [-0.05, 0) is 19.1 Å². The van der Waals surface area contributed by atoms with Gasteiger partial charge in [0.1, 0.15) is 0 Å². The zero-order valence-electron chi connectivity index (χ0n) is 14.5. The van der Waals surface area contributed by atoms with Crippen molar-refractivity contribution in [1.29, 1.82) is 0 Å². The highest BCUT2D eigenvalue weighted by molar-refractivity contribution is 5.95. The third kappa shape index (κ3) is 2.21. The van der Waals surface area contributed by atoms with E-state index in [2.05, 4.69) is 10.2 Å². The first-order valence-corrected chi connectivity index (χ1v) is 6.53. The standard InChI is InChI=1S/C13H17N5O3/c1-13(7-21-8-13)18-6-5-17(12(18)20)10-4-3-9(15-16-10)11(19)14-2/h3-4H,5-8H2,1-2H3,(H,14,19)/i2D3. The van der Waals surface area contributed by atoms with Gasteiger partial charge in [0.2, 0.25) is 0 Å². The lowest BCUT2D eigenvalue weighted by Crippen LogP contribution is -2.61. The summed E-state index contributed by atoms with van der Waals surface area (Å²) in [5, 5.41) is 9.42. The first-order chi connectivity index (χ1) is 11.2. The highest BCUT2D eigenvalue weighted by atomic mass is 16.5. The van der Waals surface area contributed by atoms with Gasteiger partial charge in [-0.15, -0.1) is 10.2 Å². The third-order valence-electron chi connectivity index (χ3n) is 3.76. The van der Waals surface area contributed by atoms with Gasteiger partial charge in [0.05, 0.1) is 18.8 Å². The van der Waals surface area contributed by atoms with Crippen LogP contribution in [-0.2, 0) is 4.74 Å². The van der Waals surface area contributed by atoms with E-state index >= 15 is 0 Å². The van der Waals surface area contributed by atoms with Crippen LogP contribution in [0.25, 0.3) is 0 Å². The lowest BCUT2D eigenvalue weighted by molar-refractivity contribution is -0.107. The summed E-state index contributed by atoms with van der Waals surface area (Å²) < 4.78 is 26.2. The molecule has 2 fully saturated rings. The van der Waals surface area contributed by atoms with E-state index < -0.39 is 12.9 Å². The van der Waals surface area contributed by atoms with Crippen molar-refractivity contribution < 1.29 is 18.4 Å². The van der Waals surface area contributed by atoms with Crippen molar-refractivity contribution in [2.75, 3.05) is 38.2 Å². The van der Waals surface area contributed by atoms with E-state index in [1.165, 1.54) is 17.0 Å². The number of ether oxygens (including phenoxy) is 1. The Morgan fingerprint density at radius 3 is 2.81 bits per heavy atom. The molecule has 8 heteroatoms. The maximum Gasteiger partial charge on any atom is 0.326 e. The molecule has 1 N–H and O–H groups in total. The predicted molar refractivity (Wildman–Crippen MR) is 74.1 cm³/mol. The topological polar surface area (TPSA) is 87.7 Å². The minimum Gasteiger partial charge on any atom is -0.376 e. The van der Waals surface area contributed by atoms with E-state index in [1.54, 1.807) is 4.90 Å². The molecule has 0 aliphatic carbocycles. The first-order valence-electron chi connectivity index (χ1n) is 8.03. The maximum absolute atomic E-state index is 12.5. The summed E-state index contributed by atoms with van der Waals surface area (Å²) in [5.41, 5.74) is -0.420. The Hall–Kier alpha value is -2.22. The second kappa shape index (κ2) is 4.96. The number of carbonyl (C=O) groups excluding carboxylic acids is 2. The van der Waals surface area contributed by atoms with Crippen molar-refractivity contribution in [2.45, 2.75) is 12.5 Å². The molecule has 2 saturated heterocycles. The Labute approximate surface area is 126 Å². The van der Waals surface area contributed by atoms with Crippen LogP contribution >= 0.6 is 0 Å². The summed E-state index contributed by atoms with van der Waals surface area (Å²) in [6.07, 6.45) is 0. The second-order valence-corrected chi connectivity index (χ2v) is 5.31. The molecule has 1 aromatic heterocycles. The Balaban J connectivity index is 1.70. The summed E-state index contributed by atoms with van der Waals surface area (Å²) in [4.78, 5) is 27.5. The van der Waals surface area contributed by atoms with E-state index in [-0.39, 0.29) is 17.3 Å². The molecule has 0 radical (unpaired) electrons. The molecule has 8 nitrogen and oxygen atoms in total. The lowest BCUT2D eigenvalue weighted by atomic mass is 9.99. The normalized spacial score (nSPS) is 23.1. The van der Waals surface area contributed by atoms with Gasteiger partial charge in [0.15, 0.2) is 11.5 Å². The quantitative estimate of drug-likeness (QED) is 0.839. The van der Waals surface area contributed by atoms with Crippen molar-refractivity contribution in [3.63, 3.8) is 0 Å². The van der Waals surface area contributed by atoms with Gasteiger partial charge in [0, 0.05) is 24.2 Å². The monoisotopic (exact) mass is 294 g/mol. The smallest absolute Gasteiger partial charge is 0.326 e. The Morgan fingerprint density at radius 1 is 1.43 bits per heavy atom. The molecule has 2 aliphatic heterocycles. The molecule has 1 aromatic rings. The molecule has 3 heterocycles. The minimum absolute atomic E-state index is 0.127. The lowest BCUT2D eigenvalue weighted by Gasteiger charge is -2.44. The second-order valence-electron chi connectivity index (χ2n) is 5.31. The molecule has 112 valence electrons. The molecule has 2 aliphatic rings. The molecular formula is C13H17N5O3. The number of rotatable bonds is 3. The Morgan fingerprint density at radius 2 is 2.24 bits per heavy atom. The van der Waals surface area contributed by atoms with E-state index in [1.807, 2.05) is 12.2 Å². The van der Waals surface area contributed by atoms with Crippen molar-refractivity contribution in [2.24, 2.45) is 0 Å². The van der Waals surface area contributed by atoms with Gasteiger partial charge in [-0.3, -0.25) is 9.69 Å². The minimum atomic E-state index is -2.59. The van der Waals surface area contributed by atoms with Crippen molar-refractivity contribution in [3.8, 4) is 0 Å². The summed E-state index contributed by atoms with van der Waals surface area (Å²) in [6, 6.07) is 2.63. The number of hydrogen-bond donors (Lipinski definition) is 1. The third-order valence-corrected chi connectivity index (χ3v) is 3.76. The largest absolute Gasteiger partial charge is 0.376 e.